The van der Waals surface area contributed by atoms with Gasteiger partial charge >= 0.3 is 5.97 Å². The van der Waals surface area contributed by atoms with Crippen LogP contribution in [0.4, 0.5) is 0 Å². The van der Waals surface area contributed by atoms with Crippen LogP contribution in [0.2, 0.25) is 0 Å². The van der Waals surface area contributed by atoms with E-state index in [-0.39, 0.29) is 19.1 Å². The smallest absolute Gasteiger partial charge is 0.311 e. The molecule has 1 aliphatic rings. The number of carbonyl (C=O) groups is 2. The van der Waals surface area contributed by atoms with Crippen LogP contribution >= 0.6 is 43.2 Å². The Morgan fingerprint density at radius 3 is 2.70 bits per heavy atom. The number of halogens is 2. The number of nitrogens with zero attached hydrogens (tertiary/aromatic N) is 1. The first-order chi connectivity index (χ1) is 9.45. The van der Waals surface area contributed by atoms with Gasteiger partial charge < -0.3 is 14.7 Å². The Hall–Kier alpha value is -0.440. The maximum Gasteiger partial charge on any atom is 0.311 e. The SMILES string of the molecule is CCN(C(=O)c1cc(Br)c(Br)s1)C1COCC1C(=O)O. The molecule has 0 aromatic carbocycles. The van der Waals surface area contributed by atoms with Crippen molar-refractivity contribution in [3.8, 4) is 0 Å². The molecule has 1 fully saturated rings. The average molecular weight is 427 g/mol. The Bertz CT molecular complexity index is 514. The minimum Gasteiger partial charge on any atom is -0.481 e. The second-order valence-corrected chi connectivity index (χ2v) is 7.60. The van der Waals surface area contributed by atoms with Crippen LogP contribution < -0.4 is 0 Å². The molecule has 20 heavy (non-hydrogen) atoms. The summed E-state index contributed by atoms with van der Waals surface area (Å²) in [4.78, 5) is 25.9. The summed E-state index contributed by atoms with van der Waals surface area (Å²) >= 11 is 8.03. The van der Waals surface area contributed by atoms with Crippen LogP contribution in [0.15, 0.2) is 14.3 Å². The standard InChI is InChI=1S/C12H13Br2NO4S/c1-2-15(8-5-19-4-6(8)12(17)18)11(16)9-3-7(13)10(14)20-9/h3,6,8H,2,4-5H2,1H3,(H,17,18). The topological polar surface area (TPSA) is 66.8 Å². The molecule has 0 saturated carbocycles. The Morgan fingerprint density at radius 1 is 1.50 bits per heavy atom. The highest BCUT2D eigenvalue weighted by molar-refractivity contribution is 9.13. The zero-order chi connectivity index (χ0) is 14.9. The van der Waals surface area contributed by atoms with Gasteiger partial charge in [-0.15, -0.1) is 11.3 Å². The van der Waals surface area contributed by atoms with Gasteiger partial charge in [0, 0.05) is 11.0 Å². The largest absolute Gasteiger partial charge is 0.481 e. The summed E-state index contributed by atoms with van der Waals surface area (Å²) in [5, 5.41) is 9.20. The van der Waals surface area contributed by atoms with Gasteiger partial charge in [0.15, 0.2) is 0 Å². The Balaban J connectivity index is 2.23. The first-order valence-corrected chi connectivity index (χ1v) is 8.42. The predicted octanol–water partition coefficient (Wildman–Crippen LogP) is 2.83. The highest BCUT2D eigenvalue weighted by Gasteiger charge is 2.40. The number of amides is 1. The monoisotopic (exact) mass is 425 g/mol. The van der Waals surface area contributed by atoms with Crippen LogP contribution in [-0.2, 0) is 9.53 Å². The lowest BCUT2D eigenvalue weighted by molar-refractivity contribution is -0.142. The van der Waals surface area contributed by atoms with Crippen LogP contribution in [0.5, 0.6) is 0 Å². The van der Waals surface area contributed by atoms with Gasteiger partial charge in [-0.1, -0.05) is 0 Å². The van der Waals surface area contributed by atoms with Crippen molar-refractivity contribution >= 4 is 55.1 Å². The van der Waals surface area contributed by atoms with E-state index in [1.165, 1.54) is 11.3 Å². The molecule has 1 N–H and O–H groups in total. The molecular weight excluding hydrogens is 414 g/mol. The minimum absolute atomic E-state index is 0.154. The third-order valence-electron chi connectivity index (χ3n) is 3.23. The molecule has 8 heteroatoms. The van der Waals surface area contributed by atoms with Crippen molar-refractivity contribution in [3.63, 3.8) is 0 Å². The molecule has 0 bridgehead atoms. The summed E-state index contributed by atoms with van der Waals surface area (Å²) in [6.45, 7) is 2.71. The van der Waals surface area contributed by atoms with Crippen molar-refractivity contribution in [3.05, 3.63) is 19.2 Å². The Morgan fingerprint density at radius 2 is 2.20 bits per heavy atom. The number of ether oxygens (including phenoxy) is 1. The van der Waals surface area contributed by atoms with Crippen molar-refractivity contribution in [1.29, 1.82) is 0 Å². The van der Waals surface area contributed by atoms with Gasteiger partial charge in [-0.2, -0.15) is 0 Å². The predicted molar refractivity (Wildman–Crippen MR) is 82.2 cm³/mol. The minimum atomic E-state index is -0.924. The fraction of sp³-hybridized carbons (Fsp3) is 0.500. The lowest BCUT2D eigenvalue weighted by Crippen LogP contribution is -2.46. The van der Waals surface area contributed by atoms with Crippen LogP contribution in [0.3, 0.4) is 0 Å². The van der Waals surface area contributed by atoms with Crippen LogP contribution in [0.1, 0.15) is 16.6 Å². The molecular formula is C12H13Br2NO4S. The number of carbonyl (C=O) groups excluding carboxylic acids is 1. The van der Waals surface area contributed by atoms with Gasteiger partial charge in [0.1, 0.15) is 5.92 Å². The Labute approximate surface area is 137 Å². The number of likely N-dealkylation sites (N-methyl/N-ethyl adjacent to an activating group) is 1. The number of rotatable bonds is 4. The molecule has 0 aliphatic carbocycles. The maximum atomic E-state index is 12.5. The highest BCUT2D eigenvalue weighted by Crippen LogP contribution is 2.34. The molecule has 0 radical (unpaired) electrons. The van der Waals surface area contributed by atoms with Crippen molar-refractivity contribution in [2.24, 2.45) is 5.92 Å². The fourth-order valence-corrected chi connectivity index (χ4v) is 4.20. The third kappa shape index (κ3) is 3.08. The van der Waals surface area contributed by atoms with Crippen molar-refractivity contribution in [2.45, 2.75) is 13.0 Å². The van der Waals surface area contributed by atoms with Gasteiger partial charge in [0.2, 0.25) is 0 Å². The van der Waals surface area contributed by atoms with Crippen molar-refractivity contribution in [1.82, 2.24) is 4.90 Å². The number of hydrogen-bond acceptors (Lipinski definition) is 4. The molecule has 0 spiro atoms. The molecule has 2 heterocycles. The first kappa shape index (κ1) is 15.9. The van der Waals surface area contributed by atoms with E-state index >= 15 is 0 Å². The summed E-state index contributed by atoms with van der Waals surface area (Å²) in [5.41, 5.74) is 0. The second-order valence-electron chi connectivity index (χ2n) is 4.37. The molecule has 5 nitrogen and oxygen atoms in total. The number of carboxylic acids is 1. The van der Waals surface area contributed by atoms with E-state index in [9.17, 15) is 14.7 Å². The summed E-state index contributed by atoms with van der Waals surface area (Å²) in [6, 6.07) is 1.33. The summed E-state index contributed by atoms with van der Waals surface area (Å²) in [5.74, 6) is -1.75. The van der Waals surface area contributed by atoms with E-state index in [1.807, 2.05) is 6.92 Å². The number of hydrogen-bond donors (Lipinski definition) is 1. The molecule has 1 aliphatic heterocycles. The second kappa shape index (κ2) is 6.55. The molecule has 110 valence electrons. The van der Waals surface area contributed by atoms with Crippen LogP contribution in [-0.4, -0.2) is 47.7 Å². The van der Waals surface area contributed by atoms with Gasteiger partial charge in [-0.3, -0.25) is 9.59 Å². The fourth-order valence-electron chi connectivity index (χ4n) is 2.21. The molecule has 1 aromatic rings. The molecule has 1 aromatic heterocycles. The summed E-state index contributed by atoms with van der Waals surface area (Å²) < 4.78 is 6.90. The molecule has 1 amide bonds. The van der Waals surface area contributed by atoms with E-state index in [4.69, 9.17) is 4.74 Å². The summed E-state index contributed by atoms with van der Waals surface area (Å²) in [7, 11) is 0. The average Bonchev–Trinajstić information content (AvgIpc) is 2.98. The Kier molecular flexibility index (Phi) is 5.22. The number of aliphatic carboxylic acids is 1. The molecule has 1 saturated heterocycles. The van der Waals surface area contributed by atoms with E-state index in [0.29, 0.717) is 11.4 Å². The van der Waals surface area contributed by atoms with Crippen molar-refractivity contribution in [2.75, 3.05) is 19.8 Å². The summed E-state index contributed by atoms with van der Waals surface area (Å²) in [6.07, 6.45) is 0. The first-order valence-electron chi connectivity index (χ1n) is 6.02. The lowest BCUT2D eigenvalue weighted by atomic mass is 10.0. The normalized spacial score (nSPS) is 21.9. The quantitative estimate of drug-likeness (QED) is 0.803. The van der Waals surface area contributed by atoms with Crippen molar-refractivity contribution < 1.29 is 19.4 Å². The van der Waals surface area contributed by atoms with E-state index in [0.717, 1.165) is 8.26 Å². The van der Waals surface area contributed by atoms with Crippen LogP contribution in [0, 0.1) is 5.92 Å². The lowest BCUT2D eigenvalue weighted by Gasteiger charge is -2.28. The van der Waals surface area contributed by atoms with Gasteiger partial charge in [0.25, 0.3) is 5.91 Å². The number of thiophene rings is 1. The van der Waals surface area contributed by atoms with E-state index in [2.05, 4.69) is 31.9 Å². The van der Waals surface area contributed by atoms with Gasteiger partial charge in [-0.05, 0) is 44.8 Å². The molecule has 2 atom stereocenters. The van der Waals surface area contributed by atoms with Gasteiger partial charge in [0.05, 0.1) is 27.9 Å². The zero-order valence-electron chi connectivity index (χ0n) is 10.6. The van der Waals surface area contributed by atoms with Crippen LogP contribution in [0.25, 0.3) is 0 Å². The number of carboxylic acid groups (broad SMARTS) is 1. The molecule has 2 rings (SSSR count). The molecule has 2 unspecified atom stereocenters. The zero-order valence-corrected chi connectivity index (χ0v) is 14.6. The maximum absolute atomic E-state index is 12.5. The van der Waals surface area contributed by atoms with E-state index in [1.54, 1.807) is 11.0 Å². The highest BCUT2D eigenvalue weighted by atomic mass is 79.9. The van der Waals surface area contributed by atoms with E-state index < -0.39 is 17.9 Å². The third-order valence-corrected chi connectivity index (χ3v) is 6.47. The van der Waals surface area contributed by atoms with Gasteiger partial charge in [-0.25, -0.2) is 0 Å².